The van der Waals surface area contributed by atoms with Gasteiger partial charge in [0, 0.05) is 23.2 Å². The number of carbonyl (C=O) groups excluding carboxylic acids is 1. The zero-order chi connectivity index (χ0) is 17.2. The normalized spacial score (nSPS) is 17.1. The summed E-state index contributed by atoms with van der Waals surface area (Å²) in [6, 6.07) is 15.2. The number of anilines is 1. The molecule has 1 unspecified atom stereocenters. The Bertz CT molecular complexity index is 897. The predicted octanol–water partition coefficient (Wildman–Crippen LogP) is 3.69. The molecule has 4 rings (SSSR count). The molecule has 0 bridgehead atoms. The van der Waals surface area contributed by atoms with Gasteiger partial charge in [0.2, 0.25) is 5.95 Å². The summed E-state index contributed by atoms with van der Waals surface area (Å²) < 4.78 is 2.09. The maximum Gasteiger partial charge on any atom is 0.257 e. The third-order valence-corrected chi connectivity index (χ3v) is 4.80. The smallest absolute Gasteiger partial charge is 0.257 e. The Labute approximate surface area is 151 Å². The summed E-state index contributed by atoms with van der Waals surface area (Å²) in [5, 5.41) is 7.06. The largest absolute Gasteiger partial charge is 0.312 e. The first-order valence-electron chi connectivity index (χ1n) is 8.46. The van der Waals surface area contributed by atoms with Crippen molar-refractivity contribution >= 4 is 34.5 Å². The lowest BCUT2D eigenvalue weighted by atomic mass is 10.2. The van der Waals surface area contributed by atoms with Crippen LogP contribution in [0.25, 0.3) is 11.0 Å². The van der Waals surface area contributed by atoms with E-state index in [0.29, 0.717) is 22.6 Å². The van der Waals surface area contributed by atoms with Crippen LogP contribution in [0, 0.1) is 0 Å². The lowest BCUT2D eigenvalue weighted by Crippen LogP contribution is -2.28. The maximum absolute atomic E-state index is 12.6. The fraction of sp³-hybridized carbons (Fsp3) is 0.263. The third kappa shape index (κ3) is 3.38. The summed E-state index contributed by atoms with van der Waals surface area (Å²) in [6.45, 7) is 1.83. The van der Waals surface area contributed by atoms with E-state index in [-0.39, 0.29) is 5.91 Å². The summed E-state index contributed by atoms with van der Waals surface area (Å²) in [5.41, 5.74) is 2.47. The number of aromatic nitrogens is 2. The van der Waals surface area contributed by atoms with Crippen molar-refractivity contribution in [3.05, 3.63) is 59.1 Å². The average Bonchev–Trinajstić information content (AvgIpc) is 3.24. The minimum atomic E-state index is -0.187. The van der Waals surface area contributed by atoms with Crippen molar-refractivity contribution in [2.24, 2.45) is 0 Å². The van der Waals surface area contributed by atoms with Crippen LogP contribution >= 0.6 is 11.6 Å². The van der Waals surface area contributed by atoms with Crippen molar-refractivity contribution in [3.8, 4) is 0 Å². The SMILES string of the molecule is O=C(Nc1nc2ccccc2n1CC1CCCN1)c1ccc(Cl)cc1. The summed E-state index contributed by atoms with van der Waals surface area (Å²) in [6.07, 6.45) is 2.32. The van der Waals surface area contributed by atoms with Crippen LogP contribution in [0.4, 0.5) is 5.95 Å². The van der Waals surface area contributed by atoms with E-state index in [0.717, 1.165) is 30.5 Å². The zero-order valence-corrected chi connectivity index (χ0v) is 14.5. The van der Waals surface area contributed by atoms with E-state index in [1.54, 1.807) is 24.3 Å². The van der Waals surface area contributed by atoms with Crippen LogP contribution in [0.5, 0.6) is 0 Å². The van der Waals surface area contributed by atoms with Crippen LogP contribution in [-0.4, -0.2) is 28.0 Å². The first-order valence-corrected chi connectivity index (χ1v) is 8.84. The van der Waals surface area contributed by atoms with Gasteiger partial charge in [-0.1, -0.05) is 23.7 Å². The molecule has 3 aromatic rings. The number of imidazole rings is 1. The van der Waals surface area contributed by atoms with Crippen LogP contribution < -0.4 is 10.6 Å². The van der Waals surface area contributed by atoms with Crippen LogP contribution in [-0.2, 0) is 6.54 Å². The molecule has 0 aliphatic carbocycles. The van der Waals surface area contributed by atoms with Gasteiger partial charge in [-0.05, 0) is 55.8 Å². The highest BCUT2D eigenvalue weighted by Crippen LogP contribution is 2.22. The van der Waals surface area contributed by atoms with E-state index in [9.17, 15) is 4.79 Å². The molecule has 0 spiro atoms. The predicted molar refractivity (Wildman–Crippen MR) is 100 cm³/mol. The Morgan fingerprint density at radius 1 is 1.24 bits per heavy atom. The standard InChI is InChI=1S/C19H19ClN4O/c20-14-9-7-13(8-10-14)18(25)23-19-22-16-5-1-2-6-17(16)24(19)12-15-4-3-11-21-15/h1-2,5-10,15,21H,3-4,11-12H2,(H,22,23,25). The van der Waals surface area contributed by atoms with Gasteiger partial charge >= 0.3 is 0 Å². The molecule has 2 aromatic carbocycles. The molecule has 1 aliphatic rings. The quantitative estimate of drug-likeness (QED) is 0.751. The maximum atomic E-state index is 12.6. The number of hydrogen-bond acceptors (Lipinski definition) is 3. The molecule has 1 amide bonds. The van der Waals surface area contributed by atoms with Crippen molar-refractivity contribution in [1.29, 1.82) is 0 Å². The lowest BCUT2D eigenvalue weighted by molar-refractivity contribution is 0.102. The van der Waals surface area contributed by atoms with Gasteiger partial charge in [-0.25, -0.2) is 4.98 Å². The van der Waals surface area contributed by atoms with Gasteiger partial charge in [-0.3, -0.25) is 10.1 Å². The molecule has 5 nitrogen and oxygen atoms in total. The number of carbonyl (C=O) groups is 1. The Kier molecular flexibility index (Phi) is 4.42. The zero-order valence-electron chi connectivity index (χ0n) is 13.7. The van der Waals surface area contributed by atoms with Gasteiger partial charge < -0.3 is 9.88 Å². The van der Waals surface area contributed by atoms with E-state index in [1.807, 2.05) is 24.3 Å². The molecule has 0 saturated carbocycles. The molecule has 2 N–H and O–H groups in total. The van der Waals surface area contributed by atoms with Crippen molar-refractivity contribution < 1.29 is 4.79 Å². The summed E-state index contributed by atoms with van der Waals surface area (Å²) >= 11 is 5.90. The Balaban J connectivity index is 1.65. The minimum Gasteiger partial charge on any atom is -0.312 e. The Morgan fingerprint density at radius 2 is 2.04 bits per heavy atom. The van der Waals surface area contributed by atoms with E-state index >= 15 is 0 Å². The number of fused-ring (bicyclic) bond motifs is 1. The van der Waals surface area contributed by atoms with Gasteiger partial charge in [0.1, 0.15) is 0 Å². The number of halogens is 1. The molecule has 1 saturated heterocycles. The molecule has 1 atom stereocenters. The van der Waals surface area contributed by atoms with Crippen LogP contribution in [0.2, 0.25) is 5.02 Å². The van der Waals surface area contributed by atoms with Crippen LogP contribution in [0.15, 0.2) is 48.5 Å². The van der Waals surface area contributed by atoms with E-state index in [2.05, 4.69) is 20.2 Å². The molecule has 6 heteroatoms. The first-order chi connectivity index (χ1) is 12.2. The number of nitrogens with one attached hydrogen (secondary N) is 2. The molecule has 2 heterocycles. The molecule has 25 heavy (non-hydrogen) atoms. The molecular weight excluding hydrogens is 336 g/mol. The highest BCUT2D eigenvalue weighted by atomic mass is 35.5. The van der Waals surface area contributed by atoms with Gasteiger partial charge in [0.05, 0.1) is 11.0 Å². The third-order valence-electron chi connectivity index (χ3n) is 4.55. The number of nitrogens with zero attached hydrogens (tertiary/aromatic N) is 2. The second kappa shape index (κ2) is 6.86. The Hall–Kier alpha value is -2.37. The van der Waals surface area contributed by atoms with Crippen LogP contribution in [0.1, 0.15) is 23.2 Å². The lowest BCUT2D eigenvalue weighted by Gasteiger charge is -2.15. The van der Waals surface area contributed by atoms with Gasteiger partial charge in [0.25, 0.3) is 5.91 Å². The number of rotatable bonds is 4. The Morgan fingerprint density at radius 3 is 2.80 bits per heavy atom. The number of benzene rings is 2. The molecule has 0 radical (unpaired) electrons. The second-order valence-corrected chi connectivity index (χ2v) is 6.73. The monoisotopic (exact) mass is 354 g/mol. The average molecular weight is 355 g/mol. The molecule has 1 fully saturated rings. The van der Waals surface area contributed by atoms with Crippen molar-refractivity contribution in [3.63, 3.8) is 0 Å². The second-order valence-electron chi connectivity index (χ2n) is 6.29. The highest BCUT2D eigenvalue weighted by Gasteiger charge is 2.20. The summed E-state index contributed by atoms with van der Waals surface area (Å²) in [4.78, 5) is 17.2. The minimum absolute atomic E-state index is 0.187. The molecule has 128 valence electrons. The molecule has 1 aliphatic heterocycles. The number of amides is 1. The van der Waals surface area contributed by atoms with E-state index in [1.165, 1.54) is 6.42 Å². The number of hydrogen-bond donors (Lipinski definition) is 2. The first kappa shape index (κ1) is 16.1. The van der Waals surface area contributed by atoms with Gasteiger partial charge in [-0.15, -0.1) is 0 Å². The summed E-state index contributed by atoms with van der Waals surface area (Å²) in [7, 11) is 0. The topological polar surface area (TPSA) is 59.0 Å². The van der Waals surface area contributed by atoms with Crippen molar-refractivity contribution in [2.45, 2.75) is 25.4 Å². The van der Waals surface area contributed by atoms with E-state index < -0.39 is 0 Å². The summed E-state index contributed by atoms with van der Waals surface area (Å²) in [5.74, 6) is 0.391. The van der Waals surface area contributed by atoms with Crippen molar-refractivity contribution in [2.75, 3.05) is 11.9 Å². The molecular formula is C19H19ClN4O. The van der Waals surface area contributed by atoms with Crippen molar-refractivity contribution in [1.82, 2.24) is 14.9 Å². The van der Waals surface area contributed by atoms with Gasteiger partial charge in [0.15, 0.2) is 0 Å². The van der Waals surface area contributed by atoms with Crippen LogP contribution in [0.3, 0.4) is 0 Å². The fourth-order valence-corrected chi connectivity index (χ4v) is 3.39. The van der Waals surface area contributed by atoms with E-state index in [4.69, 9.17) is 11.6 Å². The highest BCUT2D eigenvalue weighted by molar-refractivity contribution is 6.30. The van der Waals surface area contributed by atoms with Gasteiger partial charge in [-0.2, -0.15) is 0 Å². The number of para-hydroxylation sites is 2. The fourth-order valence-electron chi connectivity index (χ4n) is 3.26. The molecule has 1 aromatic heterocycles.